The second-order valence-electron chi connectivity index (χ2n) is 4.87. The fourth-order valence-corrected chi connectivity index (χ4v) is 2.25. The van der Waals surface area contributed by atoms with Crippen LogP contribution in [0.4, 0.5) is 0 Å². The van der Waals surface area contributed by atoms with Crippen molar-refractivity contribution in [3.8, 4) is 0 Å². The van der Waals surface area contributed by atoms with Gasteiger partial charge >= 0.3 is 0 Å². The van der Waals surface area contributed by atoms with Crippen molar-refractivity contribution in [2.24, 2.45) is 10.9 Å². The average Bonchev–Trinajstić information content (AvgIpc) is 2.48. The maximum Gasteiger partial charge on any atom is 0.252 e. The van der Waals surface area contributed by atoms with Crippen molar-refractivity contribution >= 4 is 17.8 Å². The third kappa shape index (κ3) is 2.18. The zero-order valence-electron chi connectivity index (χ0n) is 11.0. The molecule has 0 fully saturated rings. The molecule has 1 atom stereocenters. The van der Waals surface area contributed by atoms with E-state index in [1.165, 1.54) is 0 Å². The molecule has 98 valence electrons. The number of fused-ring (bicyclic) bond motifs is 1. The fraction of sp³-hybridized carbons (Fsp3) is 0.118. The van der Waals surface area contributed by atoms with Crippen LogP contribution in [0.1, 0.15) is 22.8 Å². The molecule has 0 spiro atoms. The normalized spacial score (nSPS) is 16.9. The summed E-state index contributed by atoms with van der Waals surface area (Å²) in [6, 6.07) is 14.4. The molecule has 0 radical (unpaired) electrons. The van der Waals surface area contributed by atoms with Gasteiger partial charge in [-0.25, -0.2) is 4.99 Å². The number of rotatable bonds is 2. The zero-order chi connectivity index (χ0) is 14.1. The van der Waals surface area contributed by atoms with Crippen LogP contribution >= 0.6 is 0 Å². The van der Waals surface area contributed by atoms with Crippen LogP contribution in [-0.2, 0) is 4.79 Å². The Labute approximate surface area is 116 Å². The van der Waals surface area contributed by atoms with E-state index in [0.717, 1.165) is 5.22 Å². The second kappa shape index (κ2) is 4.85. The molecule has 20 heavy (non-hydrogen) atoms. The molecular formula is C17H13NO2. The highest BCUT2D eigenvalue weighted by Gasteiger charge is 2.14. The van der Waals surface area contributed by atoms with Gasteiger partial charge in [-0.2, -0.15) is 0 Å². The lowest BCUT2D eigenvalue weighted by atomic mass is 10.00. The van der Waals surface area contributed by atoms with Crippen LogP contribution in [0.3, 0.4) is 0 Å². The fourth-order valence-electron chi connectivity index (χ4n) is 2.25. The summed E-state index contributed by atoms with van der Waals surface area (Å²) in [6.07, 6.45) is 1.85. The molecule has 0 saturated carbocycles. The van der Waals surface area contributed by atoms with E-state index in [-0.39, 0.29) is 17.6 Å². The summed E-state index contributed by atoms with van der Waals surface area (Å²) in [5.41, 5.74) is 1.27. The molecule has 1 aliphatic rings. The third-order valence-electron chi connectivity index (χ3n) is 3.38. The molecular weight excluding hydrogens is 250 g/mol. The Morgan fingerprint density at radius 1 is 1.05 bits per heavy atom. The Morgan fingerprint density at radius 3 is 2.55 bits per heavy atom. The first-order chi connectivity index (χ1) is 9.65. The van der Waals surface area contributed by atoms with Crippen LogP contribution in [0, 0.1) is 5.92 Å². The molecule has 1 heterocycles. The van der Waals surface area contributed by atoms with Gasteiger partial charge in [0, 0.05) is 11.1 Å². The molecule has 2 aromatic carbocycles. The molecule has 0 saturated heterocycles. The molecule has 3 rings (SSSR count). The first-order valence-electron chi connectivity index (χ1n) is 6.49. The third-order valence-corrected chi connectivity index (χ3v) is 3.38. The SMILES string of the molecule is CC1C=c2cc(C(=O)c3ccccc3)ccc2=NC1=O. The van der Waals surface area contributed by atoms with E-state index >= 15 is 0 Å². The van der Waals surface area contributed by atoms with Crippen molar-refractivity contribution in [2.75, 3.05) is 0 Å². The number of hydrogen-bond donors (Lipinski definition) is 0. The van der Waals surface area contributed by atoms with Crippen molar-refractivity contribution in [1.29, 1.82) is 0 Å². The molecule has 1 unspecified atom stereocenters. The van der Waals surface area contributed by atoms with Crippen LogP contribution in [0.5, 0.6) is 0 Å². The van der Waals surface area contributed by atoms with E-state index < -0.39 is 0 Å². The standard InChI is InChI=1S/C17H13NO2/c1-11-9-14-10-13(7-8-15(14)18-17(11)20)16(19)12-5-3-2-4-6-12/h2-11H,1H3. The van der Waals surface area contributed by atoms with Crippen molar-refractivity contribution in [3.63, 3.8) is 0 Å². The summed E-state index contributed by atoms with van der Waals surface area (Å²) < 4.78 is 0. The van der Waals surface area contributed by atoms with Gasteiger partial charge in [0.15, 0.2) is 5.78 Å². The molecule has 0 aromatic heterocycles. The highest BCUT2D eigenvalue weighted by Crippen LogP contribution is 2.08. The van der Waals surface area contributed by atoms with E-state index in [4.69, 9.17) is 0 Å². The predicted octanol–water partition coefficient (Wildman–Crippen LogP) is 1.49. The van der Waals surface area contributed by atoms with Gasteiger partial charge in [-0.1, -0.05) is 36.4 Å². The number of carbonyl (C=O) groups excluding carboxylic acids is 2. The molecule has 2 aromatic rings. The van der Waals surface area contributed by atoms with Crippen LogP contribution < -0.4 is 10.6 Å². The smallest absolute Gasteiger partial charge is 0.252 e. The van der Waals surface area contributed by atoms with Gasteiger partial charge in [0.25, 0.3) is 5.91 Å². The second-order valence-corrected chi connectivity index (χ2v) is 4.87. The minimum absolute atomic E-state index is 0.0219. The lowest BCUT2D eigenvalue weighted by Crippen LogP contribution is -2.33. The topological polar surface area (TPSA) is 46.5 Å². The molecule has 0 bridgehead atoms. The van der Waals surface area contributed by atoms with Crippen LogP contribution in [0.15, 0.2) is 53.5 Å². The van der Waals surface area contributed by atoms with Crippen LogP contribution in [0.25, 0.3) is 6.08 Å². The van der Waals surface area contributed by atoms with Gasteiger partial charge in [0.2, 0.25) is 0 Å². The monoisotopic (exact) mass is 263 g/mol. The Morgan fingerprint density at radius 2 is 1.80 bits per heavy atom. The molecule has 3 heteroatoms. The quantitative estimate of drug-likeness (QED) is 0.771. The minimum Gasteiger partial charge on any atom is -0.289 e. The predicted molar refractivity (Wildman–Crippen MR) is 75.7 cm³/mol. The van der Waals surface area contributed by atoms with Crippen LogP contribution in [0.2, 0.25) is 0 Å². The average molecular weight is 263 g/mol. The van der Waals surface area contributed by atoms with Gasteiger partial charge in [0.05, 0.1) is 11.3 Å². The van der Waals surface area contributed by atoms with Gasteiger partial charge in [-0.15, -0.1) is 0 Å². The van der Waals surface area contributed by atoms with Gasteiger partial charge in [0.1, 0.15) is 0 Å². The van der Waals surface area contributed by atoms with Gasteiger partial charge in [-0.05, 0) is 30.3 Å². The molecule has 0 aliphatic carbocycles. The van der Waals surface area contributed by atoms with Crippen molar-refractivity contribution < 1.29 is 9.59 Å². The Hall–Kier alpha value is -2.55. The van der Waals surface area contributed by atoms with Crippen LogP contribution in [-0.4, -0.2) is 11.7 Å². The number of amides is 1. The summed E-state index contributed by atoms with van der Waals surface area (Å²) in [4.78, 5) is 27.9. The highest BCUT2D eigenvalue weighted by atomic mass is 16.1. The first kappa shape index (κ1) is 12.5. The molecule has 1 aliphatic heterocycles. The number of nitrogens with zero attached hydrogens (tertiary/aromatic N) is 1. The zero-order valence-corrected chi connectivity index (χ0v) is 11.0. The maximum atomic E-state index is 12.4. The molecule has 1 amide bonds. The number of carbonyl (C=O) groups is 2. The summed E-state index contributed by atoms with van der Waals surface area (Å²) >= 11 is 0. The Bertz CT molecular complexity index is 807. The summed E-state index contributed by atoms with van der Waals surface area (Å²) in [5, 5.41) is 1.48. The minimum atomic E-state index is -0.232. The molecule has 0 N–H and O–H groups in total. The Balaban J connectivity index is 2.09. The number of hydrogen-bond acceptors (Lipinski definition) is 2. The van der Waals surface area contributed by atoms with Gasteiger partial charge in [-0.3, -0.25) is 9.59 Å². The largest absolute Gasteiger partial charge is 0.289 e. The number of benzene rings is 2. The first-order valence-corrected chi connectivity index (χ1v) is 6.49. The summed E-state index contributed by atoms with van der Waals surface area (Å²) in [5.74, 6) is -0.393. The van der Waals surface area contributed by atoms with Crippen molar-refractivity contribution in [2.45, 2.75) is 6.92 Å². The summed E-state index contributed by atoms with van der Waals surface area (Å²) in [6.45, 7) is 1.81. The lowest BCUT2D eigenvalue weighted by Gasteiger charge is -2.07. The van der Waals surface area contributed by atoms with E-state index in [9.17, 15) is 9.59 Å². The van der Waals surface area contributed by atoms with E-state index in [1.54, 1.807) is 37.3 Å². The van der Waals surface area contributed by atoms with Crippen molar-refractivity contribution in [3.05, 3.63) is 70.2 Å². The van der Waals surface area contributed by atoms with E-state index in [0.29, 0.717) is 16.5 Å². The van der Waals surface area contributed by atoms with E-state index in [1.807, 2.05) is 24.3 Å². The van der Waals surface area contributed by atoms with Gasteiger partial charge < -0.3 is 0 Å². The molecule has 3 nitrogen and oxygen atoms in total. The van der Waals surface area contributed by atoms with Crippen molar-refractivity contribution in [1.82, 2.24) is 0 Å². The summed E-state index contributed by atoms with van der Waals surface area (Å²) in [7, 11) is 0. The lowest BCUT2D eigenvalue weighted by molar-refractivity contribution is -0.119. The Kier molecular flexibility index (Phi) is 3.03. The van der Waals surface area contributed by atoms with E-state index in [2.05, 4.69) is 4.99 Å². The maximum absolute atomic E-state index is 12.4. The highest BCUT2D eigenvalue weighted by molar-refractivity contribution is 6.09. The number of ketones is 1.